The molecule has 5 nitrogen and oxygen atoms in total. The first kappa shape index (κ1) is 19.4. The lowest BCUT2D eigenvalue weighted by atomic mass is 10.1. The molecular formula is C21H25NO4. The quantitative estimate of drug-likeness (QED) is 0.669. The predicted octanol–water partition coefficient (Wildman–Crippen LogP) is 4.10. The highest BCUT2D eigenvalue weighted by Crippen LogP contribution is 2.30. The highest BCUT2D eigenvalue weighted by Gasteiger charge is 2.20. The second-order valence-corrected chi connectivity index (χ2v) is 5.83. The first-order valence-corrected chi connectivity index (χ1v) is 8.34. The smallest absolute Gasteiger partial charge is 0.254 e. The van der Waals surface area contributed by atoms with Gasteiger partial charge < -0.3 is 19.1 Å². The van der Waals surface area contributed by atoms with E-state index in [-0.39, 0.29) is 11.9 Å². The summed E-state index contributed by atoms with van der Waals surface area (Å²) in [5.74, 6) is 1.79. The highest BCUT2D eigenvalue weighted by molar-refractivity contribution is 5.95. The van der Waals surface area contributed by atoms with Crippen molar-refractivity contribution in [3.63, 3.8) is 0 Å². The number of carbonyl (C=O) groups is 1. The van der Waals surface area contributed by atoms with Crippen molar-refractivity contribution in [3.05, 3.63) is 66.2 Å². The van der Waals surface area contributed by atoms with Gasteiger partial charge >= 0.3 is 0 Å². The second kappa shape index (κ2) is 8.94. The summed E-state index contributed by atoms with van der Waals surface area (Å²) in [6, 6.07) is 12.8. The van der Waals surface area contributed by atoms with Crippen molar-refractivity contribution < 1.29 is 19.0 Å². The van der Waals surface area contributed by atoms with Crippen molar-refractivity contribution in [2.75, 3.05) is 27.9 Å². The lowest BCUT2D eigenvalue weighted by Crippen LogP contribution is -2.29. The van der Waals surface area contributed by atoms with Crippen LogP contribution in [0.4, 0.5) is 0 Å². The molecule has 0 aliphatic carbocycles. The van der Waals surface area contributed by atoms with Gasteiger partial charge in [-0.1, -0.05) is 24.8 Å². The van der Waals surface area contributed by atoms with Crippen molar-refractivity contribution in [1.82, 2.24) is 4.90 Å². The van der Waals surface area contributed by atoms with Gasteiger partial charge in [-0.15, -0.1) is 0 Å². The molecule has 2 aromatic carbocycles. The van der Waals surface area contributed by atoms with Gasteiger partial charge in [-0.05, 0) is 42.8 Å². The lowest BCUT2D eigenvalue weighted by Gasteiger charge is -2.26. The van der Waals surface area contributed by atoms with Gasteiger partial charge in [-0.25, -0.2) is 0 Å². The third kappa shape index (κ3) is 4.36. The Bertz CT molecular complexity index is 755. The molecule has 0 spiro atoms. The number of benzene rings is 2. The normalized spacial score (nSPS) is 11.4. The monoisotopic (exact) mass is 355 g/mol. The predicted molar refractivity (Wildman–Crippen MR) is 102 cm³/mol. The largest absolute Gasteiger partial charge is 0.497 e. The van der Waals surface area contributed by atoms with Gasteiger partial charge in [0.25, 0.3) is 5.91 Å². The molecule has 0 saturated heterocycles. The maximum absolute atomic E-state index is 12.9. The van der Waals surface area contributed by atoms with Crippen LogP contribution in [0.1, 0.15) is 28.9 Å². The van der Waals surface area contributed by atoms with E-state index in [0.29, 0.717) is 23.7 Å². The molecule has 138 valence electrons. The SMILES string of the molecule is C=CCOc1ccc(C(=O)N(C)C(C)c2ccc(OC)cc2)cc1OC. The minimum atomic E-state index is -0.0955. The topological polar surface area (TPSA) is 48.0 Å². The molecule has 1 unspecified atom stereocenters. The zero-order valence-electron chi connectivity index (χ0n) is 15.7. The minimum Gasteiger partial charge on any atom is -0.497 e. The zero-order valence-corrected chi connectivity index (χ0v) is 15.7. The Hall–Kier alpha value is -2.95. The van der Waals surface area contributed by atoms with E-state index in [1.807, 2.05) is 31.2 Å². The van der Waals surface area contributed by atoms with Crippen molar-refractivity contribution in [2.24, 2.45) is 0 Å². The Kier molecular flexibility index (Phi) is 6.67. The van der Waals surface area contributed by atoms with Crippen LogP contribution in [0.5, 0.6) is 17.2 Å². The van der Waals surface area contributed by atoms with Crippen LogP contribution in [0.15, 0.2) is 55.1 Å². The molecule has 0 fully saturated rings. The van der Waals surface area contributed by atoms with Gasteiger partial charge in [0.15, 0.2) is 11.5 Å². The molecule has 2 rings (SSSR count). The van der Waals surface area contributed by atoms with Crippen LogP contribution in [-0.2, 0) is 0 Å². The van der Waals surface area contributed by atoms with Crippen LogP contribution in [-0.4, -0.2) is 38.7 Å². The van der Waals surface area contributed by atoms with E-state index in [1.165, 1.54) is 0 Å². The first-order valence-electron chi connectivity index (χ1n) is 8.34. The van der Waals surface area contributed by atoms with E-state index < -0.39 is 0 Å². The Morgan fingerprint density at radius 1 is 1.12 bits per heavy atom. The maximum atomic E-state index is 12.9. The molecule has 0 aliphatic heterocycles. The average molecular weight is 355 g/mol. The van der Waals surface area contributed by atoms with Crippen molar-refractivity contribution in [3.8, 4) is 17.2 Å². The standard InChI is InChI=1S/C21H25NO4/c1-6-13-26-19-12-9-17(14-20(19)25-5)21(23)22(3)15(2)16-7-10-18(24-4)11-8-16/h6-12,14-15H,1,13H2,2-5H3. The average Bonchev–Trinajstić information content (AvgIpc) is 2.70. The van der Waals surface area contributed by atoms with Gasteiger partial charge in [0.1, 0.15) is 12.4 Å². The van der Waals surface area contributed by atoms with Gasteiger partial charge in [-0.3, -0.25) is 4.79 Å². The Morgan fingerprint density at radius 3 is 2.38 bits per heavy atom. The molecule has 0 radical (unpaired) electrons. The maximum Gasteiger partial charge on any atom is 0.254 e. The summed E-state index contributed by atoms with van der Waals surface area (Å²) in [6.45, 7) is 5.98. The number of rotatable bonds is 8. The van der Waals surface area contributed by atoms with Crippen LogP contribution in [0.3, 0.4) is 0 Å². The summed E-state index contributed by atoms with van der Waals surface area (Å²) < 4.78 is 16.0. The lowest BCUT2D eigenvalue weighted by molar-refractivity contribution is 0.0742. The molecule has 1 amide bonds. The molecule has 0 aliphatic rings. The minimum absolute atomic E-state index is 0.0870. The van der Waals surface area contributed by atoms with E-state index in [2.05, 4.69) is 6.58 Å². The number of ether oxygens (including phenoxy) is 3. The summed E-state index contributed by atoms with van der Waals surface area (Å²) in [7, 11) is 4.96. The third-order valence-corrected chi connectivity index (χ3v) is 4.27. The third-order valence-electron chi connectivity index (χ3n) is 4.27. The summed E-state index contributed by atoms with van der Waals surface area (Å²) in [5.41, 5.74) is 1.57. The summed E-state index contributed by atoms with van der Waals surface area (Å²) in [4.78, 5) is 14.6. The van der Waals surface area contributed by atoms with Crippen molar-refractivity contribution >= 4 is 5.91 Å². The van der Waals surface area contributed by atoms with Crippen LogP contribution in [0.2, 0.25) is 0 Å². The van der Waals surface area contributed by atoms with E-state index in [9.17, 15) is 4.79 Å². The Balaban J connectivity index is 2.19. The molecule has 5 heteroatoms. The molecule has 2 aromatic rings. The van der Waals surface area contributed by atoms with E-state index in [1.54, 1.807) is 50.4 Å². The van der Waals surface area contributed by atoms with Gasteiger partial charge in [0.05, 0.1) is 20.3 Å². The van der Waals surface area contributed by atoms with Crippen LogP contribution < -0.4 is 14.2 Å². The number of methoxy groups -OCH3 is 2. The number of nitrogens with zero attached hydrogens (tertiary/aromatic N) is 1. The van der Waals surface area contributed by atoms with Crippen LogP contribution in [0, 0.1) is 0 Å². The molecule has 1 atom stereocenters. The number of hydrogen-bond donors (Lipinski definition) is 0. The molecule has 0 aromatic heterocycles. The highest BCUT2D eigenvalue weighted by atomic mass is 16.5. The van der Waals surface area contributed by atoms with Crippen LogP contribution >= 0.6 is 0 Å². The fourth-order valence-corrected chi connectivity index (χ4v) is 2.55. The molecule has 0 heterocycles. The van der Waals surface area contributed by atoms with E-state index >= 15 is 0 Å². The van der Waals surface area contributed by atoms with E-state index in [4.69, 9.17) is 14.2 Å². The number of carbonyl (C=O) groups excluding carboxylic acids is 1. The first-order chi connectivity index (χ1) is 12.5. The summed E-state index contributed by atoms with van der Waals surface area (Å²) in [5, 5.41) is 0. The molecular weight excluding hydrogens is 330 g/mol. The van der Waals surface area contributed by atoms with Crippen molar-refractivity contribution in [1.29, 1.82) is 0 Å². The number of hydrogen-bond acceptors (Lipinski definition) is 4. The van der Waals surface area contributed by atoms with E-state index in [0.717, 1.165) is 11.3 Å². The summed E-state index contributed by atoms with van der Waals surface area (Å²) in [6.07, 6.45) is 1.66. The fraction of sp³-hybridized carbons (Fsp3) is 0.286. The number of amides is 1. The summed E-state index contributed by atoms with van der Waals surface area (Å²) >= 11 is 0. The van der Waals surface area contributed by atoms with Gasteiger partial charge in [0, 0.05) is 12.6 Å². The fourth-order valence-electron chi connectivity index (χ4n) is 2.55. The Labute approximate surface area is 154 Å². The molecule has 0 N–H and O–H groups in total. The Morgan fingerprint density at radius 2 is 1.81 bits per heavy atom. The molecule has 0 saturated carbocycles. The van der Waals surface area contributed by atoms with Crippen molar-refractivity contribution in [2.45, 2.75) is 13.0 Å². The zero-order chi connectivity index (χ0) is 19.1. The van der Waals surface area contributed by atoms with Gasteiger partial charge in [-0.2, -0.15) is 0 Å². The molecule has 0 bridgehead atoms. The molecule has 26 heavy (non-hydrogen) atoms. The van der Waals surface area contributed by atoms with Gasteiger partial charge in [0.2, 0.25) is 0 Å². The van der Waals surface area contributed by atoms with Crippen LogP contribution in [0.25, 0.3) is 0 Å². The second-order valence-electron chi connectivity index (χ2n) is 5.83.